The van der Waals surface area contributed by atoms with Gasteiger partial charge in [-0.2, -0.15) is 0 Å². The summed E-state index contributed by atoms with van der Waals surface area (Å²) in [4.78, 5) is 0. The van der Waals surface area contributed by atoms with E-state index in [1.807, 2.05) is 7.11 Å². The first-order chi connectivity index (χ1) is 7.28. The molecule has 0 aromatic heterocycles. The zero-order valence-corrected chi connectivity index (χ0v) is 10.0. The van der Waals surface area contributed by atoms with Crippen molar-refractivity contribution in [3.8, 4) is 0 Å². The van der Waals surface area contributed by atoms with Gasteiger partial charge in [0.05, 0.1) is 5.60 Å². The average Bonchev–Trinajstić information content (AvgIpc) is 2.44. The lowest BCUT2D eigenvalue weighted by molar-refractivity contribution is -0.103. The van der Waals surface area contributed by atoms with Crippen molar-refractivity contribution in [1.29, 1.82) is 0 Å². The van der Waals surface area contributed by atoms with Crippen LogP contribution < -0.4 is 5.73 Å². The Hall–Kier alpha value is -0.0800. The summed E-state index contributed by atoms with van der Waals surface area (Å²) in [6.07, 6.45) is 11.9. The predicted molar refractivity (Wildman–Crippen MR) is 62.8 cm³/mol. The van der Waals surface area contributed by atoms with Crippen molar-refractivity contribution in [2.24, 2.45) is 11.7 Å². The Morgan fingerprint density at radius 2 is 1.67 bits per heavy atom. The quantitative estimate of drug-likeness (QED) is 0.729. The molecule has 0 radical (unpaired) electrons. The van der Waals surface area contributed by atoms with Crippen LogP contribution in [0.15, 0.2) is 0 Å². The summed E-state index contributed by atoms with van der Waals surface area (Å²) in [5.41, 5.74) is 6.49. The van der Waals surface area contributed by atoms with E-state index in [1.165, 1.54) is 57.8 Å². The maximum atomic E-state index is 6.44. The van der Waals surface area contributed by atoms with Gasteiger partial charge >= 0.3 is 0 Å². The van der Waals surface area contributed by atoms with E-state index in [0.29, 0.717) is 5.92 Å². The van der Waals surface area contributed by atoms with Gasteiger partial charge in [0.15, 0.2) is 0 Å². The molecule has 2 aliphatic carbocycles. The van der Waals surface area contributed by atoms with Gasteiger partial charge in [0.25, 0.3) is 0 Å². The maximum absolute atomic E-state index is 6.44. The molecule has 2 nitrogen and oxygen atoms in total. The minimum absolute atomic E-state index is 0.0506. The van der Waals surface area contributed by atoms with Crippen LogP contribution in [0, 0.1) is 5.92 Å². The molecule has 2 aliphatic rings. The fourth-order valence-corrected chi connectivity index (χ4v) is 3.30. The Morgan fingerprint density at radius 1 is 1.07 bits per heavy atom. The number of hydrogen-bond acceptors (Lipinski definition) is 2. The minimum Gasteiger partial charge on any atom is -0.377 e. The Bertz CT molecular complexity index is 187. The molecule has 0 aromatic carbocycles. The smallest absolute Gasteiger partial charge is 0.0831 e. The van der Waals surface area contributed by atoms with E-state index in [2.05, 4.69) is 0 Å². The normalized spacial score (nSPS) is 29.2. The van der Waals surface area contributed by atoms with Gasteiger partial charge in [0.2, 0.25) is 0 Å². The molecule has 0 aromatic rings. The van der Waals surface area contributed by atoms with E-state index in [0.717, 1.165) is 0 Å². The zero-order chi connectivity index (χ0) is 10.7. The monoisotopic (exact) mass is 211 g/mol. The third-order valence-electron chi connectivity index (χ3n) is 4.62. The molecule has 15 heavy (non-hydrogen) atoms. The summed E-state index contributed by atoms with van der Waals surface area (Å²) < 4.78 is 5.70. The number of nitrogens with two attached hydrogens (primary N) is 1. The van der Waals surface area contributed by atoms with Crippen LogP contribution in [-0.4, -0.2) is 18.8 Å². The highest BCUT2D eigenvalue weighted by atomic mass is 16.5. The van der Waals surface area contributed by atoms with Gasteiger partial charge in [-0.25, -0.2) is 0 Å². The minimum atomic E-state index is 0.0506. The first-order valence-electron chi connectivity index (χ1n) is 6.59. The number of ether oxygens (including phenoxy) is 1. The van der Waals surface area contributed by atoms with Gasteiger partial charge < -0.3 is 10.5 Å². The van der Waals surface area contributed by atoms with Crippen molar-refractivity contribution in [2.45, 2.75) is 69.4 Å². The Balaban J connectivity index is 1.95. The molecule has 0 heterocycles. The lowest BCUT2D eigenvalue weighted by atomic mass is 9.69. The average molecular weight is 211 g/mol. The van der Waals surface area contributed by atoms with Crippen LogP contribution in [0.4, 0.5) is 0 Å². The number of rotatable bonds is 3. The Kier molecular flexibility index (Phi) is 3.68. The largest absolute Gasteiger partial charge is 0.377 e. The van der Waals surface area contributed by atoms with Gasteiger partial charge in [0.1, 0.15) is 0 Å². The van der Waals surface area contributed by atoms with E-state index in [4.69, 9.17) is 10.5 Å². The third-order valence-corrected chi connectivity index (χ3v) is 4.62. The molecule has 0 amide bonds. The molecule has 2 saturated carbocycles. The zero-order valence-electron chi connectivity index (χ0n) is 10.0. The molecule has 0 saturated heterocycles. The van der Waals surface area contributed by atoms with E-state index >= 15 is 0 Å². The van der Waals surface area contributed by atoms with Gasteiger partial charge in [0, 0.05) is 13.2 Å². The molecule has 0 spiro atoms. The molecular formula is C13H25NO. The summed E-state index contributed by atoms with van der Waals surface area (Å²) >= 11 is 0. The van der Waals surface area contributed by atoms with Crippen LogP contribution in [0.25, 0.3) is 0 Å². The molecule has 1 unspecified atom stereocenters. The van der Waals surface area contributed by atoms with Crippen molar-refractivity contribution in [3.63, 3.8) is 0 Å². The van der Waals surface area contributed by atoms with Crippen molar-refractivity contribution in [3.05, 3.63) is 0 Å². The Morgan fingerprint density at radius 3 is 2.07 bits per heavy atom. The molecule has 88 valence electrons. The highest BCUT2D eigenvalue weighted by Gasteiger charge is 2.45. The molecule has 0 aliphatic heterocycles. The second kappa shape index (κ2) is 4.84. The van der Waals surface area contributed by atoms with Crippen molar-refractivity contribution >= 4 is 0 Å². The second-order valence-corrected chi connectivity index (χ2v) is 5.40. The van der Waals surface area contributed by atoms with E-state index in [-0.39, 0.29) is 11.6 Å². The van der Waals surface area contributed by atoms with Crippen LogP contribution in [0.3, 0.4) is 0 Å². The predicted octanol–water partition coefficient (Wildman–Crippen LogP) is 2.85. The van der Waals surface area contributed by atoms with Crippen LogP contribution in [-0.2, 0) is 4.74 Å². The van der Waals surface area contributed by atoms with E-state index in [1.54, 1.807) is 0 Å². The third kappa shape index (κ3) is 2.21. The molecule has 2 N–H and O–H groups in total. The van der Waals surface area contributed by atoms with Crippen LogP contribution in [0.1, 0.15) is 57.8 Å². The van der Waals surface area contributed by atoms with E-state index < -0.39 is 0 Å². The van der Waals surface area contributed by atoms with Crippen molar-refractivity contribution < 1.29 is 4.74 Å². The first kappa shape index (κ1) is 11.4. The molecule has 2 fully saturated rings. The standard InChI is InChI=1S/C13H25NO/c1-15-13(9-6-10-13)12(14)11-7-4-2-3-5-8-11/h11-12H,2-10,14H2,1H3. The van der Waals surface area contributed by atoms with Crippen molar-refractivity contribution in [2.75, 3.05) is 7.11 Å². The fourth-order valence-electron chi connectivity index (χ4n) is 3.30. The highest BCUT2D eigenvalue weighted by Crippen LogP contribution is 2.42. The SMILES string of the molecule is COC1(C(N)C2CCCCCC2)CCC1. The summed E-state index contributed by atoms with van der Waals surface area (Å²) in [7, 11) is 1.84. The molecule has 1 atom stereocenters. The topological polar surface area (TPSA) is 35.2 Å². The van der Waals surface area contributed by atoms with Crippen LogP contribution in [0.5, 0.6) is 0 Å². The number of hydrogen-bond donors (Lipinski definition) is 1. The van der Waals surface area contributed by atoms with Gasteiger partial charge in [-0.15, -0.1) is 0 Å². The van der Waals surface area contributed by atoms with Crippen LogP contribution >= 0.6 is 0 Å². The number of methoxy groups -OCH3 is 1. The molecule has 0 bridgehead atoms. The summed E-state index contributed by atoms with van der Waals surface area (Å²) in [5, 5.41) is 0. The van der Waals surface area contributed by atoms with Gasteiger partial charge in [-0.3, -0.25) is 0 Å². The summed E-state index contributed by atoms with van der Waals surface area (Å²) in [6.45, 7) is 0. The molecule has 2 heteroatoms. The summed E-state index contributed by atoms with van der Waals surface area (Å²) in [6, 6.07) is 0.286. The first-order valence-corrected chi connectivity index (χ1v) is 6.59. The van der Waals surface area contributed by atoms with Gasteiger partial charge in [-0.05, 0) is 38.0 Å². The second-order valence-electron chi connectivity index (χ2n) is 5.40. The van der Waals surface area contributed by atoms with Crippen LogP contribution in [0.2, 0.25) is 0 Å². The Labute approximate surface area is 93.6 Å². The lowest BCUT2D eigenvalue weighted by Gasteiger charge is -2.47. The molecular weight excluding hydrogens is 186 g/mol. The van der Waals surface area contributed by atoms with Gasteiger partial charge in [-0.1, -0.05) is 25.7 Å². The lowest BCUT2D eigenvalue weighted by Crippen LogP contribution is -2.57. The highest BCUT2D eigenvalue weighted by molar-refractivity contribution is 5.01. The maximum Gasteiger partial charge on any atom is 0.0831 e. The van der Waals surface area contributed by atoms with Crippen molar-refractivity contribution in [1.82, 2.24) is 0 Å². The fraction of sp³-hybridized carbons (Fsp3) is 1.00. The van der Waals surface area contributed by atoms with E-state index in [9.17, 15) is 0 Å². The summed E-state index contributed by atoms with van der Waals surface area (Å²) in [5.74, 6) is 0.716. The molecule has 2 rings (SSSR count).